The lowest BCUT2D eigenvalue weighted by molar-refractivity contribution is -0.121. The fraction of sp³-hybridized carbons (Fsp3) is 0.368. The molecule has 2 aromatic rings. The number of hydrogen-bond acceptors (Lipinski definition) is 3. The van der Waals surface area contributed by atoms with Crippen molar-refractivity contribution in [2.24, 2.45) is 13.0 Å². The standard InChI is InChI=1S/C19H23N3O2/c1-21-14-17(7-8-18(21)23)20-19(24)16-9-11-22(12-10-16)13-15-5-3-2-4-6-15/h2-8,14,16H,9-13H2,1H3,(H,20,24). The van der Waals surface area contributed by atoms with Gasteiger partial charge in [0, 0.05) is 31.8 Å². The van der Waals surface area contributed by atoms with Crippen LogP contribution in [0, 0.1) is 5.92 Å². The Morgan fingerprint density at radius 3 is 2.50 bits per heavy atom. The minimum Gasteiger partial charge on any atom is -0.325 e. The van der Waals surface area contributed by atoms with Gasteiger partial charge in [-0.3, -0.25) is 14.5 Å². The molecule has 3 rings (SSSR count). The second-order valence-corrected chi connectivity index (χ2v) is 6.39. The van der Waals surface area contributed by atoms with E-state index >= 15 is 0 Å². The van der Waals surface area contributed by atoms with Gasteiger partial charge in [-0.2, -0.15) is 0 Å². The fourth-order valence-electron chi connectivity index (χ4n) is 3.11. The molecule has 5 heteroatoms. The number of nitrogens with zero attached hydrogens (tertiary/aromatic N) is 2. The number of anilines is 1. The largest absolute Gasteiger partial charge is 0.325 e. The number of benzene rings is 1. The van der Waals surface area contributed by atoms with Gasteiger partial charge in [-0.05, 0) is 37.6 Å². The smallest absolute Gasteiger partial charge is 0.250 e. The Bertz CT molecular complexity index is 747. The zero-order valence-corrected chi connectivity index (χ0v) is 13.9. The van der Waals surface area contributed by atoms with Gasteiger partial charge in [-0.1, -0.05) is 30.3 Å². The zero-order chi connectivity index (χ0) is 16.9. The highest BCUT2D eigenvalue weighted by molar-refractivity contribution is 5.92. The summed E-state index contributed by atoms with van der Waals surface area (Å²) < 4.78 is 1.47. The Morgan fingerprint density at radius 1 is 1.12 bits per heavy atom. The Kier molecular flexibility index (Phi) is 5.11. The molecule has 1 saturated heterocycles. The molecule has 1 N–H and O–H groups in total. The molecule has 2 heterocycles. The molecule has 0 radical (unpaired) electrons. The molecule has 0 spiro atoms. The molecule has 1 aromatic carbocycles. The van der Waals surface area contributed by atoms with E-state index in [4.69, 9.17) is 0 Å². The van der Waals surface area contributed by atoms with Crippen molar-refractivity contribution in [2.75, 3.05) is 18.4 Å². The van der Waals surface area contributed by atoms with Crippen LogP contribution in [0.1, 0.15) is 18.4 Å². The number of amides is 1. The number of pyridine rings is 1. The number of likely N-dealkylation sites (tertiary alicyclic amines) is 1. The highest BCUT2D eigenvalue weighted by Gasteiger charge is 2.25. The van der Waals surface area contributed by atoms with Crippen molar-refractivity contribution >= 4 is 11.6 Å². The summed E-state index contributed by atoms with van der Waals surface area (Å²) in [4.78, 5) is 26.2. The minimum atomic E-state index is -0.0813. The van der Waals surface area contributed by atoms with Crippen molar-refractivity contribution in [2.45, 2.75) is 19.4 Å². The van der Waals surface area contributed by atoms with Crippen molar-refractivity contribution in [3.8, 4) is 0 Å². The molecule has 0 aliphatic carbocycles. The molecule has 126 valence electrons. The van der Waals surface area contributed by atoms with Gasteiger partial charge in [0.05, 0.1) is 5.69 Å². The summed E-state index contributed by atoms with van der Waals surface area (Å²) in [5, 5.41) is 2.93. The molecule has 0 bridgehead atoms. The van der Waals surface area contributed by atoms with Crippen molar-refractivity contribution in [1.82, 2.24) is 9.47 Å². The first-order chi connectivity index (χ1) is 11.6. The first-order valence-corrected chi connectivity index (χ1v) is 8.35. The number of piperidine rings is 1. The van der Waals surface area contributed by atoms with Crippen LogP contribution in [0.2, 0.25) is 0 Å². The lowest BCUT2D eigenvalue weighted by atomic mass is 9.95. The maximum Gasteiger partial charge on any atom is 0.250 e. The van der Waals surface area contributed by atoms with E-state index < -0.39 is 0 Å². The number of rotatable bonds is 4. The Morgan fingerprint density at radius 2 is 1.83 bits per heavy atom. The quantitative estimate of drug-likeness (QED) is 0.938. The predicted octanol–water partition coefficient (Wildman–Crippen LogP) is 2.24. The van der Waals surface area contributed by atoms with E-state index in [1.54, 1.807) is 19.3 Å². The molecule has 0 saturated carbocycles. The molecule has 24 heavy (non-hydrogen) atoms. The summed E-state index contributed by atoms with van der Waals surface area (Å²) in [6.45, 7) is 2.80. The van der Waals surface area contributed by atoms with Crippen LogP contribution in [0.15, 0.2) is 53.5 Å². The lowest BCUT2D eigenvalue weighted by Gasteiger charge is -2.31. The number of hydrogen-bond donors (Lipinski definition) is 1. The molecular formula is C19H23N3O2. The van der Waals surface area contributed by atoms with E-state index in [0.717, 1.165) is 32.5 Å². The molecule has 1 fully saturated rings. The maximum atomic E-state index is 12.4. The van der Waals surface area contributed by atoms with E-state index in [1.165, 1.54) is 16.2 Å². The van der Waals surface area contributed by atoms with Gasteiger partial charge in [0.2, 0.25) is 11.5 Å². The number of nitrogens with one attached hydrogen (secondary N) is 1. The molecule has 1 aliphatic rings. The first-order valence-electron chi connectivity index (χ1n) is 8.35. The van der Waals surface area contributed by atoms with E-state index in [-0.39, 0.29) is 17.4 Å². The van der Waals surface area contributed by atoms with Crippen LogP contribution in [0.3, 0.4) is 0 Å². The predicted molar refractivity (Wildman–Crippen MR) is 94.8 cm³/mol. The van der Waals surface area contributed by atoms with Crippen LogP contribution in [0.25, 0.3) is 0 Å². The van der Waals surface area contributed by atoms with Crippen molar-refractivity contribution in [3.05, 3.63) is 64.6 Å². The average molecular weight is 325 g/mol. The SMILES string of the molecule is Cn1cc(NC(=O)C2CCN(Cc3ccccc3)CC2)ccc1=O. The Hall–Kier alpha value is -2.40. The third-order valence-electron chi connectivity index (χ3n) is 4.56. The van der Waals surface area contributed by atoms with Crippen LogP contribution < -0.4 is 10.9 Å². The minimum absolute atomic E-state index is 0.0363. The zero-order valence-electron chi connectivity index (χ0n) is 13.9. The van der Waals surface area contributed by atoms with Gasteiger partial charge in [0.1, 0.15) is 0 Å². The van der Waals surface area contributed by atoms with Crippen LogP contribution >= 0.6 is 0 Å². The molecule has 1 aliphatic heterocycles. The highest BCUT2D eigenvalue weighted by Crippen LogP contribution is 2.20. The molecule has 1 aromatic heterocycles. The van der Waals surface area contributed by atoms with Gasteiger partial charge in [-0.15, -0.1) is 0 Å². The summed E-state index contributed by atoms with van der Waals surface area (Å²) in [7, 11) is 1.68. The van der Waals surface area contributed by atoms with Crippen LogP contribution in [-0.2, 0) is 18.4 Å². The van der Waals surface area contributed by atoms with Crippen molar-refractivity contribution < 1.29 is 4.79 Å². The Balaban J connectivity index is 1.51. The van der Waals surface area contributed by atoms with Gasteiger partial charge < -0.3 is 9.88 Å². The van der Waals surface area contributed by atoms with Crippen molar-refractivity contribution in [1.29, 1.82) is 0 Å². The molecule has 5 nitrogen and oxygen atoms in total. The average Bonchev–Trinajstić information content (AvgIpc) is 2.60. The van der Waals surface area contributed by atoms with E-state index in [0.29, 0.717) is 5.69 Å². The van der Waals surface area contributed by atoms with Crippen LogP contribution in [-0.4, -0.2) is 28.5 Å². The third kappa shape index (κ3) is 4.11. The number of carbonyl (C=O) groups is 1. The number of carbonyl (C=O) groups excluding carboxylic acids is 1. The van der Waals surface area contributed by atoms with E-state index in [1.807, 2.05) is 6.07 Å². The summed E-state index contributed by atoms with van der Waals surface area (Å²) in [5.41, 5.74) is 1.90. The Labute approximate surface area is 141 Å². The van der Waals surface area contributed by atoms with E-state index in [9.17, 15) is 9.59 Å². The second kappa shape index (κ2) is 7.45. The van der Waals surface area contributed by atoms with Gasteiger partial charge in [0.15, 0.2) is 0 Å². The normalized spacial score (nSPS) is 16.0. The van der Waals surface area contributed by atoms with E-state index in [2.05, 4.69) is 34.5 Å². The van der Waals surface area contributed by atoms with Gasteiger partial charge in [0.25, 0.3) is 0 Å². The fourth-order valence-corrected chi connectivity index (χ4v) is 3.11. The monoisotopic (exact) mass is 325 g/mol. The third-order valence-corrected chi connectivity index (χ3v) is 4.56. The van der Waals surface area contributed by atoms with Gasteiger partial charge in [-0.25, -0.2) is 0 Å². The number of aryl methyl sites for hydroxylation is 1. The lowest BCUT2D eigenvalue weighted by Crippen LogP contribution is -2.37. The highest BCUT2D eigenvalue weighted by atomic mass is 16.2. The molecule has 0 unspecified atom stereocenters. The first kappa shape index (κ1) is 16.5. The molecule has 1 amide bonds. The summed E-state index contributed by atoms with van der Waals surface area (Å²) >= 11 is 0. The summed E-state index contributed by atoms with van der Waals surface area (Å²) in [6, 6.07) is 13.5. The van der Waals surface area contributed by atoms with Gasteiger partial charge >= 0.3 is 0 Å². The van der Waals surface area contributed by atoms with Crippen LogP contribution in [0.5, 0.6) is 0 Å². The topological polar surface area (TPSA) is 54.3 Å². The molecule has 0 atom stereocenters. The summed E-state index contributed by atoms with van der Waals surface area (Å²) in [6.07, 6.45) is 3.39. The summed E-state index contributed by atoms with van der Waals surface area (Å²) in [5.74, 6) is 0.0854. The van der Waals surface area contributed by atoms with Crippen molar-refractivity contribution in [3.63, 3.8) is 0 Å². The molecular weight excluding hydrogens is 302 g/mol. The second-order valence-electron chi connectivity index (χ2n) is 6.39. The maximum absolute atomic E-state index is 12.4. The van der Waals surface area contributed by atoms with Crippen LogP contribution in [0.4, 0.5) is 5.69 Å². The number of aromatic nitrogens is 1.